The summed E-state index contributed by atoms with van der Waals surface area (Å²) in [6.07, 6.45) is 3.51. The van der Waals surface area contributed by atoms with Gasteiger partial charge in [-0.2, -0.15) is 0 Å². The number of H-pyrrole nitrogens is 1. The van der Waals surface area contributed by atoms with Crippen molar-refractivity contribution in [1.82, 2.24) is 4.98 Å². The number of nitrogen functional groups attached to an aromatic ring is 1. The highest BCUT2D eigenvalue weighted by Gasteiger charge is 2.09. The Morgan fingerprint density at radius 3 is 2.65 bits per heavy atom. The summed E-state index contributed by atoms with van der Waals surface area (Å²) in [4.78, 5) is 14.3. The quantitative estimate of drug-likeness (QED) is 0.613. The van der Waals surface area contributed by atoms with Gasteiger partial charge in [-0.1, -0.05) is 0 Å². The van der Waals surface area contributed by atoms with Crippen molar-refractivity contribution in [1.29, 1.82) is 0 Å². The largest absolute Gasteiger partial charge is 0.462 e. The van der Waals surface area contributed by atoms with E-state index in [0.29, 0.717) is 18.0 Å². The molecular formula is C12H14N3O2+. The first-order chi connectivity index (χ1) is 8.20. The summed E-state index contributed by atoms with van der Waals surface area (Å²) in [5.41, 5.74) is 7.05. The molecular weight excluding hydrogens is 218 g/mol. The SMILES string of the molecule is CCOC(=O)c1ccc(-[n+]2c[nH]c(N)c2)cc1. The molecule has 0 aliphatic rings. The zero-order chi connectivity index (χ0) is 12.3. The number of aromatic amines is 1. The molecule has 0 fully saturated rings. The first-order valence-corrected chi connectivity index (χ1v) is 5.33. The molecule has 5 heteroatoms. The number of ether oxygens (including phenoxy) is 1. The molecule has 17 heavy (non-hydrogen) atoms. The van der Waals surface area contributed by atoms with Crippen molar-refractivity contribution in [3.8, 4) is 5.69 Å². The fourth-order valence-electron chi connectivity index (χ4n) is 1.50. The topological polar surface area (TPSA) is 72.0 Å². The Labute approximate surface area is 98.8 Å². The smallest absolute Gasteiger partial charge is 0.338 e. The summed E-state index contributed by atoms with van der Waals surface area (Å²) < 4.78 is 6.74. The number of carbonyl (C=O) groups excluding carboxylic acids is 1. The van der Waals surface area contributed by atoms with Gasteiger partial charge in [-0.25, -0.2) is 14.3 Å². The third-order valence-electron chi connectivity index (χ3n) is 2.33. The summed E-state index contributed by atoms with van der Waals surface area (Å²) in [5.74, 6) is 0.275. The number of hydrogen-bond acceptors (Lipinski definition) is 3. The van der Waals surface area contributed by atoms with Crippen molar-refractivity contribution < 1.29 is 14.1 Å². The Morgan fingerprint density at radius 1 is 1.41 bits per heavy atom. The molecule has 5 nitrogen and oxygen atoms in total. The third kappa shape index (κ3) is 2.44. The average molecular weight is 232 g/mol. The average Bonchev–Trinajstić information content (AvgIpc) is 2.76. The van der Waals surface area contributed by atoms with Crippen LogP contribution in [0.2, 0.25) is 0 Å². The molecule has 88 valence electrons. The van der Waals surface area contributed by atoms with Crippen molar-refractivity contribution in [2.24, 2.45) is 0 Å². The van der Waals surface area contributed by atoms with Crippen LogP contribution in [0, 0.1) is 0 Å². The minimum absolute atomic E-state index is 0.308. The lowest BCUT2D eigenvalue weighted by atomic mass is 10.2. The van der Waals surface area contributed by atoms with Crippen LogP contribution in [-0.2, 0) is 4.74 Å². The van der Waals surface area contributed by atoms with E-state index in [1.54, 1.807) is 31.6 Å². The zero-order valence-corrected chi connectivity index (χ0v) is 9.51. The summed E-state index contributed by atoms with van der Waals surface area (Å²) in [6, 6.07) is 7.12. The molecule has 0 radical (unpaired) electrons. The van der Waals surface area contributed by atoms with Crippen LogP contribution in [0.4, 0.5) is 5.82 Å². The predicted octanol–water partition coefficient (Wildman–Crippen LogP) is 1.05. The second kappa shape index (κ2) is 4.69. The third-order valence-corrected chi connectivity index (χ3v) is 2.33. The molecule has 0 spiro atoms. The van der Waals surface area contributed by atoms with E-state index in [4.69, 9.17) is 10.5 Å². The maximum Gasteiger partial charge on any atom is 0.338 e. The maximum atomic E-state index is 11.4. The van der Waals surface area contributed by atoms with E-state index in [0.717, 1.165) is 5.69 Å². The molecule has 1 heterocycles. The van der Waals surface area contributed by atoms with Crippen molar-refractivity contribution in [2.45, 2.75) is 6.92 Å². The molecule has 2 aromatic rings. The number of anilines is 1. The van der Waals surface area contributed by atoms with Gasteiger partial charge in [0.2, 0.25) is 12.1 Å². The van der Waals surface area contributed by atoms with Crippen molar-refractivity contribution >= 4 is 11.8 Å². The van der Waals surface area contributed by atoms with Gasteiger partial charge in [-0.3, -0.25) is 0 Å². The van der Waals surface area contributed by atoms with Crippen LogP contribution in [-0.4, -0.2) is 17.6 Å². The van der Waals surface area contributed by atoms with Gasteiger partial charge >= 0.3 is 5.97 Å². The van der Waals surface area contributed by atoms with Crippen LogP contribution >= 0.6 is 0 Å². The number of benzene rings is 1. The van der Waals surface area contributed by atoms with E-state index in [9.17, 15) is 4.79 Å². The van der Waals surface area contributed by atoms with Crippen LogP contribution in [0.1, 0.15) is 17.3 Å². The summed E-state index contributed by atoms with van der Waals surface area (Å²) >= 11 is 0. The Morgan fingerprint density at radius 2 is 2.12 bits per heavy atom. The van der Waals surface area contributed by atoms with Gasteiger partial charge in [0, 0.05) is 0 Å². The van der Waals surface area contributed by atoms with E-state index >= 15 is 0 Å². The maximum absolute atomic E-state index is 11.4. The highest BCUT2D eigenvalue weighted by molar-refractivity contribution is 5.89. The second-order valence-corrected chi connectivity index (χ2v) is 3.53. The van der Waals surface area contributed by atoms with E-state index in [1.807, 2.05) is 16.7 Å². The molecule has 0 saturated heterocycles. The normalized spacial score (nSPS) is 10.2. The van der Waals surface area contributed by atoms with Crippen LogP contribution in [0.25, 0.3) is 5.69 Å². The highest BCUT2D eigenvalue weighted by Crippen LogP contribution is 2.06. The minimum atomic E-state index is -0.308. The van der Waals surface area contributed by atoms with E-state index in [1.165, 1.54) is 0 Å². The van der Waals surface area contributed by atoms with Gasteiger partial charge in [0.15, 0.2) is 6.20 Å². The Balaban J connectivity index is 2.21. The number of rotatable bonds is 3. The van der Waals surface area contributed by atoms with Gasteiger partial charge in [0.1, 0.15) is 5.69 Å². The first kappa shape index (κ1) is 11.2. The van der Waals surface area contributed by atoms with Crippen molar-refractivity contribution in [3.05, 3.63) is 42.4 Å². The number of aromatic nitrogens is 2. The lowest BCUT2D eigenvalue weighted by Crippen LogP contribution is -2.26. The number of nitrogens with one attached hydrogen (secondary N) is 1. The monoisotopic (exact) mass is 232 g/mol. The molecule has 0 aliphatic heterocycles. The lowest BCUT2D eigenvalue weighted by molar-refractivity contribution is -0.593. The molecule has 0 aliphatic carbocycles. The van der Waals surface area contributed by atoms with Crippen molar-refractivity contribution in [3.63, 3.8) is 0 Å². The zero-order valence-electron chi connectivity index (χ0n) is 9.51. The predicted molar refractivity (Wildman–Crippen MR) is 62.7 cm³/mol. The van der Waals surface area contributed by atoms with E-state index in [2.05, 4.69) is 4.98 Å². The van der Waals surface area contributed by atoms with E-state index in [-0.39, 0.29) is 5.97 Å². The number of nitrogens with two attached hydrogens (primary N) is 1. The van der Waals surface area contributed by atoms with Gasteiger partial charge < -0.3 is 10.5 Å². The van der Waals surface area contributed by atoms with Crippen molar-refractivity contribution in [2.75, 3.05) is 12.3 Å². The van der Waals surface area contributed by atoms with Gasteiger partial charge in [-0.05, 0) is 31.2 Å². The number of carbonyl (C=O) groups is 1. The van der Waals surface area contributed by atoms with Crippen LogP contribution in [0.15, 0.2) is 36.8 Å². The van der Waals surface area contributed by atoms with Crippen LogP contribution in [0.3, 0.4) is 0 Å². The first-order valence-electron chi connectivity index (χ1n) is 5.33. The minimum Gasteiger partial charge on any atom is -0.462 e. The number of imidazole rings is 1. The number of esters is 1. The van der Waals surface area contributed by atoms with Gasteiger partial charge in [0.25, 0.3) is 0 Å². The molecule has 0 bridgehead atoms. The molecule has 1 aromatic heterocycles. The Kier molecular flexibility index (Phi) is 3.09. The fraction of sp³-hybridized carbons (Fsp3) is 0.167. The summed E-state index contributed by atoms with van der Waals surface area (Å²) in [6.45, 7) is 2.16. The van der Waals surface area contributed by atoms with Crippen LogP contribution in [0.5, 0.6) is 0 Å². The fourth-order valence-corrected chi connectivity index (χ4v) is 1.50. The number of hydrogen-bond donors (Lipinski definition) is 2. The molecule has 0 atom stereocenters. The van der Waals surface area contributed by atoms with Gasteiger partial charge in [-0.15, -0.1) is 0 Å². The highest BCUT2D eigenvalue weighted by atomic mass is 16.5. The second-order valence-electron chi connectivity index (χ2n) is 3.53. The molecule has 0 amide bonds. The Hall–Kier alpha value is -2.30. The van der Waals surface area contributed by atoms with Gasteiger partial charge in [0.05, 0.1) is 12.2 Å². The lowest BCUT2D eigenvalue weighted by Gasteiger charge is -2.01. The molecule has 1 aromatic carbocycles. The summed E-state index contributed by atoms with van der Waals surface area (Å²) in [5, 5.41) is 0. The van der Waals surface area contributed by atoms with Crippen LogP contribution < -0.4 is 10.3 Å². The molecule has 2 rings (SSSR count). The van der Waals surface area contributed by atoms with E-state index < -0.39 is 0 Å². The number of nitrogens with zero attached hydrogens (tertiary/aromatic N) is 1. The molecule has 0 unspecified atom stereocenters. The Bertz CT molecular complexity index is 517. The molecule has 3 N–H and O–H groups in total. The summed E-state index contributed by atoms with van der Waals surface area (Å²) in [7, 11) is 0. The standard InChI is InChI=1S/C12H13N3O2/c1-2-17-12(16)9-3-5-10(6-4-9)15-7-11(13)14-8-15/h3-8H,2,13H2,1H3/p+1. The molecule has 0 saturated carbocycles.